The number of carbonyl (C=O) groups excluding carboxylic acids is 1. The number of pyridine rings is 1. The number of hydrogen-bond acceptors (Lipinski definition) is 4. The van der Waals surface area contributed by atoms with Crippen molar-refractivity contribution in [3.63, 3.8) is 0 Å². The van der Waals surface area contributed by atoms with E-state index in [9.17, 15) is 4.79 Å². The maximum absolute atomic E-state index is 12.0. The maximum atomic E-state index is 12.0. The van der Waals surface area contributed by atoms with Crippen LogP contribution >= 0.6 is 0 Å². The third kappa shape index (κ3) is 4.21. The van der Waals surface area contributed by atoms with Crippen LogP contribution < -0.4 is 10.1 Å². The molecule has 0 aromatic carbocycles. The van der Waals surface area contributed by atoms with Gasteiger partial charge in [0, 0.05) is 29.8 Å². The predicted molar refractivity (Wildman–Crippen MR) is 71.3 cm³/mol. The first kappa shape index (κ1) is 13.8. The molecule has 1 atom stereocenters. The van der Waals surface area contributed by atoms with Crippen LogP contribution in [0.3, 0.4) is 0 Å². The van der Waals surface area contributed by atoms with Crippen molar-refractivity contribution < 1.29 is 14.3 Å². The van der Waals surface area contributed by atoms with Crippen LogP contribution in [0.2, 0.25) is 0 Å². The molecule has 5 nitrogen and oxygen atoms in total. The van der Waals surface area contributed by atoms with E-state index in [1.165, 1.54) is 0 Å². The molecule has 1 aliphatic rings. The second-order valence-corrected chi connectivity index (χ2v) is 5.69. The number of ether oxygens (including phenoxy) is 2. The zero-order valence-electron chi connectivity index (χ0n) is 11.6. The van der Waals surface area contributed by atoms with Gasteiger partial charge in [0.1, 0.15) is 6.10 Å². The summed E-state index contributed by atoms with van der Waals surface area (Å²) < 4.78 is 10.9. The quantitative estimate of drug-likeness (QED) is 0.904. The zero-order chi connectivity index (χ0) is 13.9. The van der Waals surface area contributed by atoms with Gasteiger partial charge < -0.3 is 14.8 Å². The van der Waals surface area contributed by atoms with Gasteiger partial charge in [-0.05, 0) is 26.8 Å². The van der Waals surface area contributed by atoms with Crippen LogP contribution in [-0.2, 0) is 4.74 Å². The first-order chi connectivity index (χ1) is 8.94. The summed E-state index contributed by atoms with van der Waals surface area (Å²) in [7, 11) is 0. The molecular weight excluding hydrogens is 244 g/mol. The Bertz CT molecular complexity index is 448. The van der Waals surface area contributed by atoms with Crippen LogP contribution in [0, 0.1) is 0 Å². The van der Waals surface area contributed by atoms with Gasteiger partial charge in [-0.15, -0.1) is 0 Å². The molecule has 1 saturated heterocycles. The summed E-state index contributed by atoms with van der Waals surface area (Å²) in [6.45, 7) is 7.13. The lowest BCUT2D eigenvalue weighted by Crippen LogP contribution is -2.40. The van der Waals surface area contributed by atoms with E-state index in [2.05, 4.69) is 10.3 Å². The Morgan fingerprint density at radius 2 is 2.32 bits per heavy atom. The molecule has 19 heavy (non-hydrogen) atoms. The monoisotopic (exact) mass is 264 g/mol. The van der Waals surface area contributed by atoms with E-state index in [0.29, 0.717) is 18.1 Å². The average Bonchev–Trinajstić information content (AvgIpc) is 2.80. The van der Waals surface area contributed by atoms with Crippen LogP contribution in [0.5, 0.6) is 5.88 Å². The molecule has 1 amide bonds. The molecule has 0 bridgehead atoms. The molecule has 1 fully saturated rings. The van der Waals surface area contributed by atoms with Crippen LogP contribution in [0.4, 0.5) is 0 Å². The van der Waals surface area contributed by atoms with Crippen molar-refractivity contribution in [1.29, 1.82) is 0 Å². The number of carbonyl (C=O) groups is 1. The van der Waals surface area contributed by atoms with E-state index in [-0.39, 0.29) is 17.6 Å². The number of aromatic nitrogens is 1. The Morgan fingerprint density at radius 3 is 2.95 bits per heavy atom. The second-order valence-electron chi connectivity index (χ2n) is 5.69. The van der Waals surface area contributed by atoms with Crippen molar-refractivity contribution >= 4 is 5.91 Å². The Labute approximate surface area is 113 Å². The molecular formula is C14H20N2O3. The van der Waals surface area contributed by atoms with Gasteiger partial charge in [0.05, 0.1) is 13.2 Å². The van der Waals surface area contributed by atoms with Crippen molar-refractivity contribution in [3.8, 4) is 5.88 Å². The third-order valence-electron chi connectivity index (χ3n) is 2.66. The molecule has 1 aromatic heterocycles. The maximum Gasteiger partial charge on any atom is 0.251 e. The smallest absolute Gasteiger partial charge is 0.251 e. The summed E-state index contributed by atoms with van der Waals surface area (Å²) in [5.74, 6) is 0.347. The van der Waals surface area contributed by atoms with Gasteiger partial charge in [0.25, 0.3) is 5.91 Å². The summed E-state index contributed by atoms with van der Waals surface area (Å²) in [6, 6.07) is 3.35. The van der Waals surface area contributed by atoms with Gasteiger partial charge in [-0.1, -0.05) is 0 Å². The number of nitrogens with one attached hydrogen (secondary N) is 1. The molecule has 1 unspecified atom stereocenters. The number of nitrogens with zero attached hydrogens (tertiary/aromatic N) is 1. The van der Waals surface area contributed by atoms with E-state index in [4.69, 9.17) is 9.47 Å². The number of rotatable bonds is 3. The van der Waals surface area contributed by atoms with E-state index in [1.54, 1.807) is 18.3 Å². The zero-order valence-corrected chi connectivity index (χ0v) is 11.6. The SMILES string of the molecule is CC(C)(C)NC(=O)c1ccnc(OC2CCOC2)c1. The van der Waals surface area contributed by atoms with E-state index < -0.39 is 0 Å². The van der Waals surface area contributed by atoms with Crippen LogP contribution in [0.25, 0.3) is 0 Å². The molecule has 0 spiro atoms. The van der Waals surface area contributed by atoms with Gasteiger partial charge in [0.2, 0.25) is 5.88 Å². The van der Waals surface area contributed by atoms with Crippen LogP contribution in [0.1, 0.15) is 37.6 Å². The van der Waals surface area contributed by atoms with Gasteiger partial charge in [-0.2, -0.15) is 0 Å². The van der Waals surface area contributed by atoms with Crippen molar-refractivity contribution in [3.05, 3.63) is 23.9 Å². The summed E-state index contributed by atoms with van der Waals surface area (Å²) in [5.41, 5.74) is 0.291. The Hall–Kier alpha value is -1.62. The fourth-order valence-electron chi connectivity index (χ4n) is 1.80. The van der Waals surface area contributed by atoms with E-state index >= 15 is 0 Å². The Morgan fingerprint density at radius 1 is 1.53 bits per heavy atom. The van der Waals surface area contributed by atoms with E-state index in [1.807, 2.05) is 20.8 Å². The van der Waals surface area contributed by atoms with Gasteiger partial charge in [-0.3, -0.25) is 4.79 Å². The lowest BCUT2D eigenvalue weighted by atomic mass is 10.1. The minimum absolute atomic E-state index is 0.0356. The lowest BCUT2D eigenvalue weighted by molar-refractivity contribution is 0.0918. The topological polar surface area (TPSA) is 60.5 Å². The summed E-state index contributed by atoms with van der Waals surface area (Å²) in [5, 5.41) is 2.91. The highest BCUT2D eigenvalue weighted by Gasteiger charge is 2.19. The Balaban J connectivity index is 2.03. The third-order valence-corrected chi connectivity index (χ3v) is 2.66. The van der Waals surface area contributed by atoms with Crippen LogP contribution in [-0.4, -0.2) is 35.7 Å². The van der Waals surface area contributed by atoms with Gasteiger partial charge in [-0.25, -0.2) is 4.98 Å². The highest BCUT2D eigenvalue weighted by molar-refractivity contribution is 5.94. The number of hydrogen-bond donors (Lipinski definition) is 1. The summed E-state index contributed by atoms with van der Waals surface area (Å²) >= 11 is 0. The Kier molecular flexibility index (Phi) is 4.04. The average molecular weight is 264 g/mol. The van der Waals surface area contributed by atoms with Crippen LogP contribution in [0.15, 0.2) is 18.3 Å². The standard InChI is InChI=1S/C14H20N2O3/c1-14(2,3)16-13(17)10-4-6-15-12(8-10)19-11-5-7-18-9-11/h4,6,8,11H,5,7,9H2,1-3H3,(H,16,17). The molecule has 0 aliphatic carbocycles. The number of amides is 1. The molecule has 2 rings (SSSR count). The largest absolute Gasteiger partial charge is 0.472 e. The molecule has 1 N–H and O–H groups in total. The molecule has 0 saturated carbocycles. The summed E-state index contributed by atoms with van der Waals surface area (Å²) in [4.78, 5) is 16.2. The van der Waals surface area contributed by atoms with Crippen molar-refractivity contribution in [2.24, 2.45) is 0 Å². The highest BCUT2D eigenvalue weighted by atomic mass is 16.5. The molecule has 1 aromatic rings. The minimum Gasteiger partial charge on any atom is -0.472 e. The fraction of sp³-hybridized carbons (Fsp3) is 0.571. The molecule has 2 heterocycles. The second kappa shape index (κ2) is 5.57. The lowest BCUT2D eigenvalue weighted by Gasteiger charge is -2.20. The molecule has 1 aliphatic heterocycles. The van der Waals surface area contributed by atoms with Gasteiger partial charge in [0.15, 0.2) is 0 Å². The van der Waals surface area contributed by atoms with E-state index in [0.717, 1.165) is 13.0 Å². The molecule has 104 valence electrons. The van der Waals surface area contributed by atoms with Crippen molar-refractivity contribution in [2.45, 2.75) is 38.8 Å². The first-order valence-corrected chi connectivity index (χ1v) is 6.47. The van der Waals surface area contributed by atoms with Crippen molar-refractivity contribution in [2.75, 3.05) is 13.2 Å². The molecule has 5 heteroatoms. The predicted octanol–water partition coefficient (Wildman–Crippen LogP) is 1.78. The molecule has 0 radical (unpaired) electrons. The van der Waals surface area contributed by atoms with Gasteiger partial charge >= 0.3 is 0 Å². The van der Waals surface area contributed by atoms with Crippen molar-refractivity contribution in [1.82, 2.24) is 10.3 Å². The normalized spacial score (nSPS) is 19.2. The highest BCUT2D eigenvalue weighted by Crippen LogP contribution is 2.16. The minimum atomic E-state index is -0.263. The fourth-order valence-corrected chi connectivity index (χ4v) is 1.80. The summed E-state index contributed by atoms with van der Waals surface area (Å²) in [6.07, 6.45) is 2.48. The first-order valence-electron chi connectivity index (χ1n) is 6.47.